The van der Waals surface area contributed by atoms with Gasteiger partial charge >= 0.3 is 0 Å². The van der Waals surface area contributed by atoms with Crippen molar-refractivity contribution in [2.45, 2.75) is 20.3 Å². The van der Waals surface area contributed by atoms with E-state index in [1.54, 1.807) is 6.20 Å². The van der Waals surface area contributed by atoms with Crippen molar-refractivity contribution in [2.75, 3.05) is 13.1 Å². The SMILES string of the molecule is CCN(CCc1nc2c(C)cccc2[nH]1)C(=O)c1ccc(-c2cnco2)cc1. The number of nitrogens with zero attached hydrogens (tertiary/aromatic N) is 3. The number of hydrogen-bond acceptors (Lipinski definition) is 4. The van der Waals surface area contributed by atoms with E-state index in [4.69, 9.17) is 4.42 Å². The summed E-state index contributed by atoms with van der Waals surface area (Å²) in [6.07, 6.45) is 3.74. The van der Waals surface area contributed by atoms with Crippen LogP contribution in [0.4, 0.5) is 0 Å². The summed E-state index contributed by atoms with van der Waals surface area (Å²) >= 11 is 0. The topological polar surface area (TPSA) is 75.0 Å². The maximum Gasteiger partial charge on any atom is 0.253 e. The smallest absolute Gasteiger partial charge is 0.253 e. The first-order chi connectivity index (χ1) is 13.7. The highest BCUT2D eigenvalue weighted by atomic mass is 16.3. The normalized spacial score (nSPS) is 11.1. The molecule has 1 N–H and O–H groups in total. The summed E-state index contributed by atoms with van der Waals surface area (Å²) in [6, 6.07) is 13.5. The van der Waals surface area contributed by atoms with E-state index in [0.717, 1.165) is 28.0 Å². The van der Waals surface area contributed by atoms with Gasteiger partial charge in [-0.15, -0.1) is 0 Å². The van der Waals surface area contributed by atoms with E-state index in [1.807, 2.05) is 48.2 Å². The van der Waals surface area contributed by atoms with E-state index < -0.39 is 0 Å². The molecular weight excluding hydrogens is 352 g/mol. The maximum atomic E-state index is 12.9. The summed E-state index contributed by atoms with van der Waals surface area (Å²) in [6.45, 7) is 5.29. The van der Waals surface area contributed by atoms with E-state index >= 15 is 0 Å². The van der Waals surface area contributed by atoms with E-state index in [1.165, 1.54) is 6.39 Å². The number of H-pyrrole nitrogens is 1. The highest BCUT2D eigenvalue weighted by molar-refractivity contribution is 5.94. The highest BCUT2D eigenvalue weighted by Gasteiger charge is 2.15. The van der Waals surface area contributed by atoms with Crippen LogP contribution in [0.15, 0.2) is 59.5 Å². The Bertz CT molecular complexity index is 1080. The van der Waals surface area contributed by atoms with Crippen molar-refractivity contribution >= 4 is 16.9 Å². The van der Waals surface area contributed by atoms with Gasteiger partial charge in [-0.3, -0.25) is 4.79 Å². The van der Waals surface area contributed by atoms with Crippen LogP contribution in [0.3, 0.4) is 0 Å². The molecule has 0 fully saturated rings. The van der Waals surface area contributed by atoms with Crippen molar-refractivity contribution in [3.63, 3.8) is 0 Å². The zero-order valence-electron chi connectivity index (χ0n) is 16.0. The molecule has 0 spiro atoms. The number of nitrogens with one attached hydrogen (secondary N) is 1. The summed E-state index contributed by atoms with van der Waals surface area (Å²) in [7, 11) is 0. The van der Waals surface area contributed by atoms with Crippen LogP contribution in [0, 0.1) is 6.92 Å². The summed E-state index contributed by atoms with van der Waals surface area (Å²) in [4.78, 5) is 26.7. The molecule has 0 aliphatic rings. The number of likely N-dealkylation sites (N-methyl/N-ethyl adjacent to an activating group) is 1. The molecule has 2 aromatic carbocycles. The predicted octanol–water partition coefficient (Wildman–Crippen LogP) is 4.23. The number of hydrogen-bond donors (Lipinski definition) is 1. The molecule has 6 nitrogen and oxygen atoms in total. The fraction of sp³-hybridized carbons (Fsp3) is 0.227. The molecule has 6 heteroatoms. The Morgan fingerprint density at radius 3 is 2.68 bits per heavy atom. The molecule has 0 saturated carbocycles. The Morgan fingerprint density at radius 1 is 1.18 bits per heavy atom. The number of carbonyl (C=O) groups excluding carboxylic acids is 1. The van der Waals surface area contributed by atoms with Crippen LogP contribution >= 0.6 is 0 Å². The number of benzene rings is 2. The Labute approximate surface area is 163 Å². The second-order valence-corrected chi connectivity index (χ2v) is 6.73. The average molecular weight is 374 g/mol. The second-order valence-electron chi connectivity index (χ2n) is 6.73. The summed E-state index contributed by atoms with van der Waals surface area (Å²) in [5, 5.41) is 0. The Morgan fingerprint density at radius 2 is 2.00 bits per heavy atom. The first-order valence-corrected chi connectivity index (χ1v) is 9.38. The van der Waals surface area contributed by atoms with E-state index in [0.29, 0.717) is 30.8 Å². The molecule has 0 atom stereocenters. The van der Waals surface area contributed by atoms with Crippen molar-refractivity contribution in [3.8, 4) is 11.3 Å². The van der Waals surface area contributed by atoms with Crippen molar-refractivity contribution < 1.29 is 9.21 Å². The Kier molecular flexibility index (Phi) is 4.93. The van der Waals surface area contributed by atoms with Gasteiger partial charge in [0, 0.05) is 30.6 Å². The molecule has 0 bridgehead atoms. The standard InChI is InChI=1S/C22H22N4O2/c1-3-26(12-11-20-24-18-6-4-5-15(2)21(18)25-20)22(27)17-9-7-16(8-10-17)19-13-23-14-28-19/h4-10,13-14H,3,11-12H2,1-2H3,(H,24,25). The molecule has 4 rings (SSSR count). The Hall–Kier alpha value is -3.41. The number of aromatic nitrogens is 3. The molecule has 0 aliphatic heterocycles. The molecule has 2 heterocycles. The molecule has 0 aliphatic carbocycles. The van der Waals surface area contributed by atoms with Crippen molar-refractivity contribution in [2.24, 2.45) is 0 Å². The third-order valence-electron chi connectivity index (χ3n) is 4.90. The maximum absolute atomic E-state index is 12.9. The van der Waals surface area contributed by atoms with Crippen LogP contribution < -0.4 is 0 Å². The number of oxazole rings is 1. The van der Waals surface area contributed by atoms with Gasteiger partial charge in [0.1, 0.15) is 5.82 Å². The van der Waals surface area contributed by atoms with Crippen LogP contribution in [0.2, 0.25) is 0 Å². The molecule has 0 radical (unpaired) electrons. The van der Waals surface area contributed by atoms with Gasteiger partial charge in [-0.2, -0.15) is 0 Å². The number of aryl methyl sites for hydroxylation is 1. The minimum absolute atomic E-state index is 0.0129. The van der Waals surface area contributed by atoms with Gasteiger partial charge in [0.15, 0.2) is 12.2 Å². The largest absolute Gasteiger partial charge is 0.444 e. The monoisotopic (exact) mass is 374 g/mol. The molecular formula is C22H22N4O2. The molecule has 4 aromatic rings. The van der Waals surface area contributed by atoms with Crippen LogP contribution in [-0.4, -0.2) is 38.8 Å². The van der Waals surface area contributed by atoms with E-state index in [2.05, 4.69) is 27.9 Å². The van der Waals surface area contributed by atoms with E-state index in [9.17, 15) is 4.79 Å². The molecule has 142 valence electrons. The number of rotatable bonds is 6. The highest BCUT2D eigenvalue weighted by Crippen LogP contribution is 2.20. The second kappa shape index (κ2) is 7.68. The van der Waals surface area contributed by atoms with Crippen molar-refractivity contribution in [1.29, 1.82) is 0 Å². The van der Waals surface area contributed by atoms with Crippen molar-refractivity contribution in [1.82, 2.24) is 19.9 Å². The fourth-order valence-electron chi connectivity index (χ4n) is 3.31. The zero-order chi connectivity index (χ0) is 19.5. The van der Waals surface area contributed by atoms with Crippen LogP contribution in [0.5, 0.6) is 0 Å². The van der Waals surface area contributed by atoms with Crippen LogP contribution in [0.25, 0.3) is 22.4 Å². The summed E-state index contributed by atoms with van der Waals surface area (Å²) < 4.78 is 5.29. The lowest BCUT2D eigenvalue weighted by Gasteiger charge is -2.20. The number of aromatic amines is 1. The lowest BCUT2D eigenvalue weighted by atomic mass is 10.1. The minimum atomic E-state index is 0.0129. The third-order valence-corrected chi connectivity index (χ3v) is 4.90. The Balaban J connectivity index is 1.45. The van der Waals surface area contributed by atoms with Gasteiger partial charge in [0.05, 0.1) is 17.2 Å². The number of imidazole rings is 1. The van der Waals surface area contributed by atoms with Gasteiger partial charge in [0.25, 0.3) is 5.91 Å². The first-order valence-electron chi connectivity index (χ1n) is 9.38. The summed E-state index contributed by atoms with van der Waals surface area (Å²) in [5.41, 5.74) is 4.73. The quantitative estimate of drug-likeness (QED) is 0.548. The lowest BCUT2D eigenvalue weighted by molar-refractivity contribution is 0.0765. The van der Waals surface area contributed by atoms with Gasteiger partial charge in [0.2, 0.25) is 0 Å². The van der Waals surface area contributed by atoms with Crippen molar-refractivity contribution in [3.05, 3.63) is 72.0 Å². The molecule has 1 amide bonds. The molecule has 0 saturated heterocycles. The fourth-order valence-corrected chi connectivity index (χ4v) is 3.31. The minimum Gasteiger partial charge on any atom is -0.444 e. The van der Waals surface area contributed by atoms with Gasteiger partial charge < -0.3 is 14.3 Å². The number of para-hydroxylation sites is 1. The predicted molar refractivity (Wildman–Crippen MR) is 108 cm³/mol. The van der Waals surface area contributed by atoms with Gasteiger partial charge in [-0.05, 0) is 37.6 Å². The van der Waals surface area contributed by atoms with Gasteiger partial charge in [-0.25, -0.2) is 9.97 Å². The molecule has 28 heavy (non-hydrogen) atoms. The zero-order valence-corrected chi connectivity index (χ0v) is 16.0. The number of carbonyl (C=O) groups is 1. The lowest BCUT2D eigenvalue weighted by Crippen LogP contribution is -2.32. The first kappa shape index (κ1) is 18.0. The number of fused-ring (bicyclic) bond motifs is 1. The van der Waals surface area contributed by atoms with Gasteiger partial charge in [-0.1, -0.05) is 24.3 Å². The van der Waals surface area contributed by atoms with Crippen LogP contribution in [-0.2, 0) is 6.42 Å². The molecule has 2 aromatic heterocycles. The average Bonchev–Trinajstić information content (AvgIpc) is 3.39. The summed E-state index contributed by atoms with van der Waals surface area (Å²) in [5.74, 6) is 1.60. The van der Waals surface area contributed by atoms with E-state index in [-0.39, 0.29) is 5.91 Å². The third kappa shape index (κ3) is 3.53. The van der Waals surface area contributed by atoms with Crippen LogP contribution in [0.1, 0.15) is 28.7 Å². The molecule has 0 unspecified atom stereocenters. The number of amides is 1.